The van der Waals surface area contributed by atoms with Crippen LogP contribution in [0.3, 0.4) is 0 Å². The van der Waals surface area contributed by atoms with E-state index in [2.05, 4.69) is 10.2 Å². The minimum absolute atomic E-state index is 0.0670. The maximum Gasteiger partial charge on any atom is 0.240 e. The molecule has 3 fully saturated rings. The van der Waals surface area contributed by atoms with Crippen molar-refractivity contribution in [2.24, 2.45) is 11.7 Å². The average Bonchev–Trinajstić information content (AvgIpc) is 3.19. The third-order valence-electron chi connectivity index (χ3n) is 4.17. The lowest BCUT2D eigenvalue weighted by molar-refractivity contribution is -0.123. The van der Waals surface area contributed by atoms with Gasteiger partial charge in [0.1, 0.15) is 0 Å². The molecule has 3 aliphatic rings. The molecule has 2 aliphatic carbocycles. The monoisotopic (exact) mass is 223 g/mol. The Labute approximate surface area is 96.5 Å². The number of likely N-dealkylation sites (tertiary alicyclic amines) is 1. The summed E-state index contributed by atoms with van der Waals surface area (Å²) in [4.78, 5) is 14.2. The van der Waals surface area contributed by atoms with Gasteiger partial charge in [0.05, 0.1) is 5.54 Å². The van der Waals surface area contributed by atoms with Crippen molar-refractivity contribution in [1.82, 2.24) is 10.2 Å². The van der Waals surface area contributed by atoms with E-state index < -0.39 is 5.54 Å². The summed E-state index contributed by atoms with van der Waals surface area (Å²) in [5.41, 5.74) is 5.33. The fraction of sp³-hybridized carbons (Fsp3) is 0.917. The number of rotatable bonds is 4. The summed E-state index contributed by atoms with van der Waals surface area (Å²) in [6, 6.07) is 0.866. The lowest BCUT2D eigenvalue weighted by atomic mass is 10.1. The van der Waals surface area contributed by atoms with Crippen molar-refractivity contribution < 1.29 is 4.79 Å². The van der Waals surface area contributed by atoms with Crippen LogP contribution in [0.2, 0.25) is 0 Å². The molecule has 90 valence electrons. The Bertz CT molecular complexity index is 297. The summed E-state index contributed by atoms with van der Waals surface area (Å²) in [5, 5.41) is 3.02. The van der Waals surface area contributed by atoms with E-state index in [-0.39, 0.29) is 5.91 Å². The van der Waals surface area contributed by atoms with Crippen molar-refractivity contribution in [3.63, 3.8) is 0 Å². The molecule has 0 radical (unpaired) electrons. The first-order valence-corrected chi connectivity index (χ1v) is 6.49. The standard InChI is InChI=1S/C12H21N3O/c13-12(4-5-12)11(16)14-7-9-3-6-15(8-9)10-1-2-10/h9-10H,1-8,13H2,(H,14,16). The number of nitrogens with two attached hydrogens (primary N) is 1. The van der Waals surface area contributed by atoms with Gasteiger partial charge in [-0.05, 0) is 44.6 Å². The van der Waals surface area contributed by atoms with Crippen LogP contribution in [0.4, 0.5) is 0 Å². The van der Waals surface area contributed by atoms with Crippen molar-refractivity contribution in [2.75, 3.05) is 19.6 Å². The second kappa shape index (κ2) is 3.70. The zero-order chi connectivity index (χ0) is 11.2. The summed E-state index contributed by atoms with van der Waals surface area (Å²) in [6.07, 6.45) is 5.71. The van der Waals surface area contributed by atoms with E-state index in [0.29, 0.717) is 5.92 Å². The summed E-state index contributed by atoms with van der Waals surface area (Å²) >= 11 is 0. The molecular formula is C12H21N3O. The first-order valence-electron chi connectivity index (χ1n) is 6.49. The number of nitrogens with one attached hydrogen (secondary N) is 1. The van der Waals surface area contributed by atoms with Crippen LogP contribution in [0.5, 0.6) is 0 Å². The zero-order valence-corrected chi connectivity index (χ0v) is 9.74. The van der Waals surface area contributed by atoms with Crippen molar-refractivity contribution in [3.8, 4) is 0 Å². The summed E-state index contributed by atoms with van der Waals surface area (Å²) in [6.45, 7) is 3.21. The molecule has 1 saturated heterocycles. The van der Waals surface area contributed by atoms with Gasteiger partial charge in [0.2, 0.25) is 5.91 Å². The molecule has 0 bridgehead atoms. The van der Waals surface area contributed by atoms with Crippen molar-refractivity contribution >= 4 is 5.91 Å². The van der Waals surface area contributed by atoms with Crippen molar-refractivity contribution in [2.45, 2.75) is 43.7 Å². The molecule has 0 aromatic rings. The number of amides is 1. The Balaban J connectivity index is 1.40. The Morgan fingerprint density at radius 1 is 1.38 bits per heavy atom. The molecule has 2 saturated carbocycles. The van der Waals surface area contributed by atoms with Gasteiger partial charge >= 0.3 is 0 Å². The highest BCUT2D eigenvalue weighted by atomic mass is 16.2. The van der Waals surface area contributed by atoms with Gasteiger partial charge in [0, 0.05) is 19.1 Å². The summed E-state index contributed by atoms with van der Waals surface area (Å²) in [5.74, 6) is 0.712. The Morgan fingerprint density at radius 3 is 2.75 bits per heavy atom. The minimum Gasteiger partial charge on any atom is -0.354 e. The normalized spacial score (nSPS) is 32.7. The van der Waals surface area contributed by atoms with E-state index in [1.807, 2.05) is 0 Å². The van der Waals surface area contributed by atoms with Gasteiger partial charge in [-0.1, -0.05) is 0 Å². The highest BCUT2D eigenvalue weighted by Gasteiger charge is 2.46. The molecular weight excluding hydrogens is 202 g/mol. The molecule has 3 rings (SSSR count). The van der Waals surface area contributed by atoms with Crippen LogP contribution in [-0.4, -0.2) is 42.0 Å². The van der Waals surface area contributed by atoms with E-state index in [1.165, 1.54) is 32.4 Å². The molecule has 4 nitrogen and oxygen atoms in total. The molecule has 0 aromatic carbocycles. The number of carbonyl (C=O) groups is 1. The number of nitrogens with zero attached hydrogens (tertiary/aromatic N) is 1. The van der Waals surface area contributed by atoms with Crippen LogP contribution in [0.1, 0.15) is 32.1 Å². The van der Waals surface area contributed by atoms with E-state index >= 15 is 0 Å². The van der Waals surface area contributed by atoms with Gasteiger partial charge < -0.3 is 16.0 Å². The average molecular weight is 223 g/mol. The number of hydrogen-bond donors (Lipinski definition) is 2. The predicted molar refractivity (Wildman–Crippen MR) is 61.9 cm³/mol. The van der Waals surface area contributed by atoms with Gasteiger partial charge in [-0.2, -0.15) is 0 Å². The largest absolute Gasteiger partial charge is 0.354 e. The molecule has 1 aliphatic heterocycles. The van der Waals surface area contributed by atoms with E-state index in [4.69, 9.17) is 5.73 Å². The highest BCUT2D eigenvalue weighted by Crippen LogP contribution is 2.33. The van der Waals surface area contributed by atoms with Crippen LogP contribution < -0.4 is 11.1 Å². The third-order valence-corrected chi connectivity index (χ3v) is 4.17. The highest BCUT2D eigenvalue weighted by molar-refractivity contribution is 5.88. The van der Waals surface area contributed by atoms with Crippen LogP contribution in [0.15, 0.2) is 0 Å². The Kier molecular flexibility index (Phi) is 2.44. The van der Waals surface area contributed by atoms with E-state index in [9.17, 15) is 4.79 Å². The molecule has 4 heteroatoms. The molecule has 1 atom stereocenters. The predicted octanol–water partition coefficient (Wildman–Crippen LogP) is 0.0782. The van der Waals surface area contributed by atoms with Gasteiger partial charge in [-0.3, -0.25) is 4.79 Å². The van der Waals surface area contributed by atoms with Gasteiger partial charge in [0.15, 0.2) is 0 Å². The number of hydrogen-bond acceptors (Lipinski definition) is 3. The van der Waals surface area contributed by atoms with Gasteiger partial charge in [0.25, 0.3) is 0 Å². The van der Waals surface area contributed by atoms with Crippen LogP contribution >= 0.6 is 0 Å². The smallest absolute Gasteiger partial charge is 0.240 e. The van der Waals surface area contributed by atoms with Crippen molar-refractivity contribution in [3.05, 3.63) is 0 Å². The van der Waals surface area contributed by atoms with Crippen molar-refractivity contribution in [1.29, 1.82) is 0 Å². The molecule has 3 N–H and O–H groups in total. The van der Waals surface area contributed by atoms with Crippen LogP contribution in [0, 0.1) is 5.92 Å². The lowest BCUT2D eigenvalue weighted by Crippen LogP contribution is -2.44. The molecule has 0 spiro atoms. The molecule has 1 amide bonds. The van der Waals surface area contributed by atoms with Gasteiger partial charge in [-0.25, -0.2) is 0 Å². The van der Waals surface area contributed by atoms with E-state index in [1.54, 1.807) is 0 Å². The topological polar surface area (TPSA) is 58.4 Å². The fourth-order valence-corrected chi connectivity index (χ4v) is 2.58. The Hall–Kier alpha value is -0.610. The molecule has 1 heterocycles. The quantitative estimate of drug-likeness (QED) is 0.709. The van der Waals surface area contributed by atoms with Gasteiger partial charge in [-0.15, -0.1) is 0 Å². The first-order chi connectivity index (χ1) is 7.67. The lowest BCUT2D eigenvalue weighted by Gasteiger charge is -2.16. The third kappa shape index (κ3) is 2.09. The fourth-order valence-electron chi connectivity index (χ4n) is 2.58. The second-order valence-corrected chi connectivity index (χ2v) is 5.75. The molecule has 0 aromatic heterocycles. The summed E-state index contributed by atoms with van der Waals surface area (Å²) < 4.78 is 0. The Morgan fingerprint density at radius 2 is 2.12 bits per heavy atom. The maximum atomic E-state index is 11.7. The van der Waals surface area contributed by atoms with Crippen LogP contribution in [0.25, 0.3) is 0 Å². The minimum atomic E-state index is -0.505. The SMILES string of the molecule is NC1(C(=O)NCC2CCN(C3CC3)C2)CC1. The number of carbonyl (C=O) groups excluding carboxylic acids is 1. The van der Waals surface area contributed by atoms with E-state index in [0.717, 1.165) is 25.4 Å². The summed E-state index contributed by atoms with van der Waals surface area (Å²) in [7, 11) is 0. The maximum absolute atomic E-state index is 11.7. The molecule has 1 unspecified atom stereocenters. The zero-order valence-electron chi connectivity index (χ0n) is 9.74. The van der Waals surface area contributed by atoms with Crippen LogP contribution in [-0.2, 0) is 4.79 Å². The second-order valence-electron chi connectivity index (χ2n) is 5.75. The first kappa shape index (κ1) is 10.5. The molecule has 16 heavy (non-hydrogen) atoms.